The second-order valence-electron chi connectivity index (χ2n) is 9.52. The van der Waals surface area contributed by atoms with Crippen molar-refractivity contribution in [1.29, 1.82) is 0 Å². The number of fused-ring (bicyclic) bond motifs is 2. The number of carbonyl (C=O) groups excluding carboxylic acids is 1. The summed E-state index contributed by atoms with van der Waals surface area (Å²) >= 11 is 0. The molecule has 0 spiro atoms. The van der Waals surface area contributed by atoms with Crippen LogP contribution in [0.25, 0.3) is 21.9 Å². The lowest BCUT2D eigenvalue weighted by Gasteiger charge is -2.31. The van der Waals surface area contributed by atoms with Crippen LogP contribution in [0.2, 0.25) is 0 Å². The Morgan fingerprint density at radius 2 is 1.84 bits per heavy atom. The number of aromatic nitrogens is 3. The number of nitrogens with zero attached hydrogens (tertiary/aromatic N) is 2. The molecule has 1 aliphatic heterocycles. The zero-order valence-corrected chi connectivity index (χ0v) is 19.3. The Balaban J connectivity index is 1.15. The number of likely N-dealkylation sites (tertiary alicyclic amines) is 1. The number of piperidine rings is 1. The summed E-state index contributed by atoms with van der Waals surface area (Å²) in [6, 6.07) is 10.8. The summed E-state index contributed by atoms with van der Waals surface area (Å²) in [5.41, 5.74) is 8.42. The fourth-order valence-electron chi connectivity index (χ4n) is 4.96. The molecule has 1 fully saturated rings. The van der Waals surface area contributed by atoms with E-state index in [-0.39, 0.29) is 5.92 Å². The number of aryl methyl sites for hydroxylation is 4. The lowest BCUT2D eigenvalue weighted by atomic mass is 9.90. The van der Waals surface area contributed by atoms with Crippen LogP contribution in [0.15, 0.2) is 36.5 Å². The minimum absolute atomic E-state index is 0.185. The lowest BCUT2D eigenvalue weighted by molar-refractivity contribution is -0.124. The number of hydrogen-bond acceptors (Lipinski definition) is 3. The van der Waals surface area contributed by atoms with Crippen molar-refractivity contribution in [3.63, 3.8) is 0 Å². The first-order valence-electron chi connectivity index (χ1n) is 11.7. The quantitative estimate of drug-likeness (QED) is 0.433. The highest BCUT2D eigenvalue weighted by Crippen LogP contribution is 2.25. The van der Waals surface area contributed by atoms with Crippen molar-refractivity contribution in [1.82, 2.24) is 19.9 Å². The van der Waals surface area contributed by atoms with Gasteiger partial charge in [0.2, 0.25) is 0 Å². The highest BCUT2D eigenvalue weighted by molar-refractivity contribution is 5.84. The Morgan fingerprint density at radius 3 is 2.66 bits per heavy atom. The Morgan fingerprint density at radius 1 is 1.06 bits per heavy atom. The van der Waals surface area contributed by atoms with Crippen LogP contribution in [0, 0.1) is 26.7 Å². The smallest absolute Gasteiger partial charge is 0.136 e. The summed E-state index contributed by atoms with van der Waals surface area (Å²) in [6.07, 6.45) is 5.32. The maximum absolute atomic E-state index is 12.9. The summed E-state index contributed by atoms with van der Waals surface area (Å²) in [5, 5.41) is 1.32. The second-order valence-corrected chi connectivity index (χ2v) is 9.52. The van der Waals surface area contributed by atoms with Gasteiger partial charge in [-0.15, -0.1) is 0 Å². The first-order chi connectivity index (χ1) is 15.5. The molecule has 0 unspecified atom stereocenters. The summed E-state index contributed by atoms with van der Waals surface area (Å²) in [4.78, 5) is 26.8. The van der Waals surface area contributed by atoms with Gasteiger partial charge in [0.15, 0.2) is 0 Å². The van der Waals surface area contributed by atoms with Crippen LogP contribution in [0.5, 0.6) is 0 Å². The SMILES string of the molecule is Cc1ccc2[nH]cc(CN3CCC(C(=O)CCc4nc5cc(C)c(C)cc5[nH]4)CC3)c2c1. The highest BCUT2D eigenvalue weighted by Gasteiger charge is 2.25. The van der Waals surface area contributed by atoms with Crippen molar-refractivity contribution in [2.75, 3.05) is 13.1 Å². The van der Waals surface area contributed by atoms with Gasteiger partial charge in [0.1, 0.15) is 11.6 Å². The van der Waals surface area contributed by atoms with Crippen molar-refractivity contribution >= 4 is 27.7 Å². The number of rotatable bonds is 6. The third kappa shape index (κ3) is 4.22. The zero-order chi connectivity index (χ0) is 22.2. The molecular formula is C27H32N4O. The van der Waals surface area contributed by atoms with Crippen molar-refractivity contribution in [3.8, 4) is 0 Å². The molecule has 2 N–H and O–H groups in total. The molecule has 3 heterocycles. The molecule has 2 aromatic carbocycles. The van der Waals surface area contributed by atoms with Gasteiger partial charge in [0.25, 0.3) is 0 Å². The van der Waals surface area contributed by atoms with Gasteiger partial charge in [-0.3, -0.25) is 9.69 Å². The number of benzene rings is 2. The van der Waals surface area contributed by atoms with E-state index in [4.69, 9.17) is 4.98 Å². The standard InChI is InChI=1S/C27H32N4O/c1-17-4-5-23-22(12-17)21(15-28-23)16-31-10-8-20(9-11-31)26(32)6-7-27-29-24-13-18(2)19(3)14-25(24)30-27/h4-5,12-15,20,28H,6-11,16H2,1-3H3,(H,29,30). The van der Waals surface area contributed by atoms with E-state index in [9.17, 15) is 4.79 Å². The van der Waals surface area contributed by atoms with Crippen molar-refractivity contribution in [2.24, 2.45) is 5.92 Å². The molecule has 4 aromatic rings. The average Bonchev–Trinajstić information content (AvgIpc) is 3.36. The number of ketones is 1. The number of imidazole rings is 1. The maximum Gasteiger partial charge on any atom is 0.136 e. The topological polar surface area (TPSA) is 64.8 Å². The highest BCUT2D eigenvalue weighted by atomic mass is 16.1. The van der Waals surface area contributed by atoms with E-state index in [1.165, 1.54) is 33.2 Å². The minimum Gasteiger partial charge on any atom is -0.361 e. The van der Waals surface area contributed by atoms with E-state index in [1.807, 2.05) is 0 Å². The summed E-state index contributed by atoms with van der Waals surface area (Å²) < 4.78 is 0. The number of nitrogens with one attached hydrogen (secondary N) is 2. The van der Waals surface area contributed by atoms with Crippen LogP contribution in [-0.2, 0) is 17.8 Å². The van der Waals surface area contributed by atoms with Crippen molar-refractivity contribution < 1.29 is 4.79 Å². The van der Waals surface area contributed by atoms with E-state index in [0.29, 0.717) is 18.6 Å². The van der Waals surface area contributed by atoms with E-state index >= 15 is 0 Å². The molecule has 1 aliphatic rings. The first-order valence-corrected chi connectivity index (χ1v) is 11.7. The summed E-state index contributed by atoms with van der Waals surface area (Å²) in [7, 11) is 0. The van der Waals surface area contributed by atoms with Gasteiger partial charge in [-0.2, -0.15) is 0 Å². The Labute approximate surface area is 189 Å². The third-order valence-electron chi connectivity index (χ3n) is 7.11. The number of H-pyrrole nitrogens is 2. The Hall–Kier alpha value is -2.92. The van der Waals surface area contributed by atoms with Crippen LogP contribution in [0.3, 0.4) is 0 Å². The predicted molar refractivity (Wildman–Crippen MR) is 130 cm³/mol. The zero-order valence-electron chi connectivity index (χ0n) is 19.3. The molecule has 0 atom stereocenters. The average molecular weight is 429 g/mol. The number of aromatic amines is 2. The van der Waals surface area contributed by atoms with E-state index < -0.39 is 0 Å². The van der Waals surface area contributed by atoms with Gasteiger partial charge < -0.3 is 9.97 Å². The van der Waals surface area contributed by atoms with Crippen LogP contribution in [-0.4, -0.2) is 38.7 Å². The summed E-state index contributed by atoms with van der Waals surface area (Å²) in [6.45, 7) is 9.28. The fourth-order valence-corrected chi connectivity index (χ4v) is 4.96. The van der Waals surface area contributed by atoms with Gasteiger partial charge in [-0.25, -0.2) is 4.98 Å². The normalized spacial score (nSPS) is 15.7. The monoisotopic (exact) mass is 428 g/mol. The maximum atomic E-state index is 12.9. The van der Waals surface area contributed by atoms with Crippen molar-refractivity contribution in [3.05, 3.63) is 64.6 Å². The van der Waals surface area contributed by atoms with E-state index in [2.05, 4.69) is 72.2 Å². The van der Waals surface area contributed by atoms with Crippen LogP contribution in [0.4, 0.5) is 0 Å². The number of carbonyl (C=O) groups is 1. The lowest BCUT2D eigenvalue weighted by Crippen LogP contribution is -2.36. The van der Waals surface area contributed by atoms with Crippen LogP contribution in [0.1, 0.15) is 47.3 Å². The first kappa shape index (κ1) is 21.0. The molecule has 2 aromatic heterocycles. The van der Waals surface area contributed by atoms with Gasteiger partial charge in [0, 0.05) is 42.4 Å². The minimum atomic E-state index is 0.185. The molecule has 0 aliphatic carbocycles. The number of Topliss-reactive ketones (excluding diaryl/α,β-unsaturated/α-hetero) is 1. The third-order valence-corrected chi connectivity index (χ3v) is 7.11. The molecule has 0 bridgehead atoms. The molecule has 32 heavy (non-hydrogen) atoms. The van der Waals surface area contributed by atoms with E-state index in [0.717, 1.165) is 49.3 Å². The molecule has 5 rings (SSSR count). The van der Waals surface area contributed by atoms with Gasteiger partial charge in [-0.1, -0.05) is 11.6 Å². The molecule has 0 saturated carbocycles. The van der Waals surface area contributed by atoms with Gasteiger partial charge in [-0.05, 0) is 87.7 Å². The van der Waals surface area contributed by atoms with Crippen molar-refractivity contribution in [2.45, 2.75) is 53.0 Å². The van der Waals surface area contributed by atoms with Crippen LogP contribution >= 0.6 is 0 Å². The van der Waals surface area contributed by atoms with E-state index in [1.54, 1.807) is 0 Å². The molecule has 5 nitrogen and oxygen atoms in total. The Bertz CT molecular complexity index is 1230. The predicted octanol–water partition coefficient (Wildman–Crippen LogP) is 5.38. The molecule has 0 amide bonds. The molecular weight excluding hydrogens is 396 g/mol. The van der Waals surface area contributed by atoms with Gasteiger partial charge in [0.05, 0.1) is 11.0 Å². The second kappa shape index (κ2) is 8.55. The number of hydrogen-bond donors (Lipinski definition) is 2. The summed E-state index contributed by atoms with van der Waals surface area (Å²) in [5.74, 6) is 1.50. The Kier molecular flexibility index (Phi) is 5.60. The molecule has 5 heteroatoms. The molecule has 1 saturated heterocycles. The fraction of sp³-hybridized carbons (Fsp3) is 0.407. The van der Waals surface area contributed by atoms with Gasteiger partial charge >= 0.3 is 0 Å². The molecule has 0 radical (unpaired) electrons. The largest absolute Gasteiger partial charge is 0.361 e. The molecule has 166 valence electrons. The van der Waals surface area contributed by atoms with Crippen LogP contribution < -0.4 is 0 Å².